The fraction of sp³-hybridized carbons (Fsp3) is 0.400. The zero-order chi connectivity index (χ0) is 21.9. The quantitative estimate of drug-likeness (QED) is 0.428. The first kappa shape index (κ1) is 22.9. The molecule has 0 radical (unpaired) electrons. The largest absolute Gasteiger partial charge is 0.362 e. The molecule has 160 valence electrons. The van der Waals surface area contributed by atoms with E-state index in [4.69, 9.17) is 27.9 Å². The summed E-state index contributed by atoms with van der Waals surface area (Å²) in [6.45, 7) is 7.97. The Bertz CT molecular complexity index is 894. The molecule has 30 heavy (non-hydrogen) atoms. The first-order valence-electron chi connectivity index (χ1n) is 10.3. The standard InChI is InChI=1S/C25H29Cl2NO2/c1-5-14-25(3)16-21(18-8-7-9-20(27)15-18)23(17-10-12-19(26)13-11-17)28(24(25)29)22(6-2)30-4/h5,7-13,15,21-23H,1,6,14,16H2,2-4H3/t21-,22-,23-,25+/m1/s1. The number of methoxy groups -OCH3 is 1. The Morgan fingerprint density at radius 2 is 1.90 bits per heavy atom. The predicted octanol–water partition coefficient (Wildman–Crippen LogP) is 7.02. The van der Waals surface area contributed by atoms with Crippen LogP contribution in [0.15, 0.2) is 61.2 Å². The van der Waals surface area contributed by atoms with Gasteiger partial charge in [-0.15, -0.1) is 6.58 Å². The molecule has 3 rings (SSSR count). The van der Waals surface area contributed by atoms with Crippen molar-refractivity contribution in [3.63, 3.8) is 0 Å². The molecule has 1 amide bonds. The Kier molecular flexibility index (Phi) is 7.28. The lowest BCUT2D eigenvalue weighted by molar-refractivity contribution is -0.169. The number of piperidine rings is 1. The minimum absolute atomic E-state index is 0.0525. The summed E-state index contributed by atoms with van der Waals surface area (Å²) in [6.07, 6.45) is 3.50. The molecule has 2 aromatic carbocycles. The number of nitrogens with zero attached hydrogens (tertiary/aromatic N) is 1. The smallest absolute Gasteiger partial charge is 0.231 e. The maximum absolute atomic E-state index is 13.8. The average molecular weight is 446 g/mol. The van der Waals surface area contributed by atoms with Crippen molar-refractivity contribution in [2.45, 2.75) is 51.3 Å². The van der Waals surface area contributed by atoms with E-state index in [1.54, 1.807) is 7.11 Å². The molecule has 0 saturated carbocycles. The Balaban J connectivity index is 2.22. The summed E-state index contributed by atoms with van der Waals surface area (Å²) >= 11 is 12.5. The molecular formula is C25H29Cl2NO2. The van der Waals surface area contributed by atoms with Crippen LogP contribution < -0.4 is 0 Å². The summed E-state index contributed by atoms with van der Waals surface area (Å²) in [7, 11) is 1.66. The molecule has 0 bridgehead atoms. The van der Waals surface area contributed by atoms with E-state index in [0.29, 0.717) is 29.3 Å². The van der Waals surface area contributed by atoms with Crippen molar-refractivity contribution < 1.29 is 9.53 Å². The van der Waals surface area contributed by atoms with Crippen molar-refractivity contribution >= 4 is 29.1 Å². The molecule has 1 saturated heterocycles. The molecule has 0 aliphatic carbocycles. The second-order valence-corrected chi connectivity index (χ2v) is 9.10. The van der Waals surface area contributed by atoms with E-state index in [0.717, 1.165) is 11.1 Å². The summed E-state index contributed by atoms with van der Waals surface area (Å²) < 4.78 is 5.79. The first-order chi connectivity index (χ1) is 14.3. The molecule has 0 unspecified atom stereocenters. The molecule has 2 aromatic rings. The highest BCUT2D eigenvalue weighted by molar-refractivity contribution is 6.30. The predicted molar refractivity (Wildman–Crippen MR) is 124 cm³/mol. The van der Waals surface area contributed by atoms with E-state index in [2.05, 4.69) is 12.6 Å². The van der Waals surface area contributed by atoms with Gasteiger partial charge in [0.25, 0.3) is 0 Å². The number of allylic oxidation sites excluding steroid dienone is 1. The molecule has 0 N–H and O–H groups in total. The zero-order valence-electron chi connectivity index (χ0n) is 17.8. The SMILES string of the molecule is C=CC[C@@]1(C)C[C@H](c2cccc(Cl)c2)[C@@H](c2ccc(Cl)cc2)N([C@@H](CC)OC)C1=O. The van der Waals surface area contributed by atoms with Crippen molar-refractivity contribution in [2.24, 2.45) is 5.41 Å². The van der Waals surface area contributed by atoms with Gasteiger partial charge < -0.3 is 9.64 Å². The molecule has 0 spiro atoms. The number of hydrogen-bond acceptors (Lipinski definition) is 2. The maximum atomic E-state index is 13.8. The third kappa shape index (κ3) is 4.44. The molecule has 1 aliphatic rings. The first-order valence-corrected chi connectivity index (χ1v) is 11.1. The number of carbonyl (C=O) groups excluding carboxylic acids is 1. The van der Waals surface area contributed by atoms with Gasteiger partial charge in [0.05, 0.1) is 11.5 Å². The molecule has 3 nitrogen and oxygen atoms in total. The summed E-state index contributed by atoms with van der Waals surface area (Å²) in [5.41, 5.74) is 1.58. The number of amides is 1. The fourth-order valence-corrected chi connectivity index (χ4v) is 5.01. The molecule has 1 heterocycles. The van der Waals surface area contributed by atoms with Crippen LogP contribution in [-0.2, 0) is 9.53 Å². The van der Waals surface area contributed by atoms with Crippen molar-refractivity contribution in [1.82, 2.24) is 4.90 Å². The summed E-state index contributed by atoms with van der Waals surface area (Å²) in [5.74, 6) is 0.144. The maximum Gasteiger partial charge on any atom is 0.231 e. The lowest BCUT2D eigenvalue weighted by Crippen LogP contribution is -2.55. The second kappa shape index (κ2) is 9.55. The van der Waals surface area contributed by atoms with Gasteiger partial charge >= 0.3 is 0 Å². The van der Waals surface area contributed by atoms with E-state index in [-0.39, 0.29) is 24.1 Å². The monoisotopic (exact) mass is 445 g/mol. The van der Waals surface area contributed by atoms with E-state index in [9.17, 15) is 4.79 Å². The van der Waals surface area contributed by atoms with Crippen LogP contribution in [0.25, 0.3) is 0 Å². The number of halogens is 2. The summed E-state index contributed by atoms with van der Waals surface area (Å²) in [4.78, 5) is 15.8. The lowest BCUT2D eigenvalue weighted by atomic mass is 9.67. The second-order valence-electron chi connectivity index (χ2n) is 8.23. The van der Waals surface area contributed by atoms with Crippen LogP contribution in [0, 0.1) is 5.41 Å². The minimum atomic E-state index is -0.566. The van der Waals surface area contributed by atoms with Gasteiger partial charge in [0.2, 0.25) is 5.91 Å². The van der Waals surface area contributed by atoms with E-state index in [1.807, 2.05) is 67.3 Å². The molecule has 0 aromatic heterocycles. The van der Waals surface area contributed by atoms with Crippen LogP contribution in [0.5, 0.6) is 0 Å². The summed E-state index contributed by atoms with van der Waals surface area (Å²) in [6, 6.07) is 15.5. The highest BCUT2D eigenvalue weighted by Crippen LogP contribution is 2.52. The third-order valence-corrected chi connectivity index (χ3v) is 6.60. The van der Waals surface area contributed by atoms with E-state index in [1.165, 1.54) is 0 Å². The van der Waals surface area contributed by atoms with Gasteiger partial charge in [-0.05, 0) is 54.7 Å². The van der Waals surface area contributed by atoms with Gasteiger partial charge in [0, 0.05) is 23.1 Å². The highest BCUT2D eigenvalue weighted by Gasteiger charge is 2.51. The van der Waals surface area contributed by atoms with Gasteiger partial charge in [-0.2, -0.15) is 0 Å². The highest BCUT2D eigenvalue weighted by atomic mass is 35.5. The van der Waals surface area contributed by atoms with Crippen LogP contribution >= 0.6 is 23.2 Å². The van der Waals surface area contributed by atoms with Gasteiger partial charge in [0.1, 0.15) is 6.23 Å². The van der Waals surface area contributed by atoms with Gasteiger partial charge in [-0.3, -0.25) is 4.79 Å². The number of ether oxygens (including phenoxy) is 1. The number of carbonyl (C=O) groups is 1. The van der Waals surface area contributed by atoms with E-state index < -0.39 is 5.41 Å². The molecule has 4 atom stereocenters. The fourth-order valence-electron chi connectivity index (χ4n) is 4.68. The topological polar surface area (TPSA) is 29.5 Å². The van der Waals surface area contributed by atoms with Crippen molar-refractivity contribution in [3.05, 3.63) is 82.4 Å². The Labute approximate surface area is 189 Å². The van der Waals surface area contributed by atoms with E-state index >= 15 is 0 Å². The number of hydrogen-bond donors (Lipinski definition) is 0. The van der Waals surface area contributed by atoms with Crippen LogP contribution in [0.3, 0.4) is 0 Å². The van der Waals surface area contributed by atoms with Gasteiger partial charge in [-0.1, -0.05) is 67.4 Å². The van der Waals surface area contributed by atoms with Crippen LogP contribution in [0.4, 0.5) is 0 Å². The van der Waals surface area contributed by atoms with Crippen LogP contribution in [0.2, 0.25) is 10.0 Å². The normalized spacial score (nSPS) is 25.2. The Hall–Kier alpha value is -1.81. The summed E-state index contributed by atoms with van der Waals surface area (Å²) in [5, 5.41) is 1.36. The number of benzene rings is 2. The average Bonchev–Trinajstić information content (AvgIpc) is 2.73. The lowest BCUT2D eigenvalue weighted by Gasteiger charge is -2.51. The Morgan fingerprint density at radius 1 is 1.20 bits per heavy atom. The molecular weight excluding hydrogens is 417 g/mol. The molecule has 5 heteroatoms. The minimum Gasteiger partial charge on any atom is -0.362 e. The van der Waals surface area contributed by atoms with Crippen molar-refractivity contribution in [3.8, 4) is 0 Å². The number of rotatable bonds is 7. The Morgan fingerprint density at radius 3 is 2.47 bits per heavy atom. The molecule has 1 aliphatic heterocycles. The van der Waals surface area contributed by atoms with Crippen molar-refractivity contribution in [1.29, 1.82) is 0 Å². The molecule has 1 fully saturated rings. The third-order valence-electron chi connectivity index (χ3n) is 6.12. The van der Waals surface area contributed by atoms with Crippen LogP contribution in [0.1, 0.15) is 56.2 Å². The van der Waals surface area contributed by atoms with Gasteiger partial charge in [-0.25, -0.2) is 0 Å². The van der Waals surface area contributed by atoms with Crippen LogP contribution in [-0.4, -0.2) is 24.1 Å². The van der Waals surface area contributed by atoms with Gasteiger partial charge in [0.15, 0.2) is 0 Å². The zero-order valence-corrected chi connectivity index (χ0v) is 19.3. The number of likely N-dealkylation sites (tertiary alicyclic amines) is 1. The van der Waals surface area contributed by atoms with Crippen molar-refractivity contribution in [2.75, 3.05) is 7.11 Å².